The van der Waals surface area contributed by atoms with Gasteiger partial charge in [-0.25, -0.2) is 0 Å². The molecule has 25 heavy (non-hydrogen) atoms. The molecular weight excluding hydrogens is 308 g/mol. The number of hydrogen-bond donors (Lipinski definition) is 2. The molecule has 4 nitrogen and oxygen atoms in total. The number of nitrogens with zero attached hydrogens (tertiary/aromatic N) is 2. The van der Waals surface area contributed by atoms with E-state index in [9.17, 15) is 0 Å². The van der Waals surface area contributed by atoms with Crippen LogP contribution in [0.5, 0.6) is 0 Å². The van der Waals surface area contributed by atoms with Gasteiger partial charge in [0, 0.05) is 39.3 Å². The fourth-order valence-corrected chi connectivity index (χ4v) is 3.37. The summed E-state index contributed by atoms with van der Waals surface area (Å²) in [5, 5.41) is 3.48. The Balaban J connectivity index is 1.63. The second kappa shape index (κ2) is 8.26. The quantitative estimate of drug-likeness (QED) is 0.790. The highest BCUT2D eigenvalue weighted by Gasteiger charge is 2.20. The molecule has 1 aliphatic rings. The number of nitrogens with one attached hydrogen (secondary N) is 1. The molecule has 0 spiro atoms. The van der Waals surface area contributed by atoms with Gasteiger partial charge in [-0.2, -0.15) is 0 Å². The first-order chi connectivity index (χ1) is 12.1. The van der Waals surface area contributed by atoms with E-state index in [0.29, 0.717) is 0 Å². The predicted molar refractivity (Wildman–Crippen MR) is 108 cm³/mol. The summed E-state index contributed by atoms with van der Waals surface area (Å²) in [5.41, 5.74) is 10.7. The van der Waals surface area contributed by atoms with Gasteiger partial charge in [0.2, 0.25) is 0 Å². The molecule has 4 heteroatoms. The van der Waals surface area contributed by atoms with Crippen LogP contribution in [0.1, 0.15) is 19.4 Å². The molecule has 1 saturated heterocycles. The minimum atomic E-state index is 0.786. The lowest BCUT2D eigenvalue weighted by molar-refractivity contribution is 0.267. The minimum Gasteiger partial charge on any atom is -0.395 e. The van der Waals surface area contributed by atoms with Gasteiger partial charge >= 0.3 is 0 Å². The molecule has 0 unspecified atom stereocenters. The second-order valence-corrected chi connectivity index (χ2v) is 7.05. The van der Waals surface area contributed by atoms with Gasteiger partial charge in [-0.05, 0) is 23.6 Å². The normalized spacial score (nSPS) is 15.6. The molecular formula is C21H29N4. The highest BCUT2D eigenvalue weighted by molar-refractivity contribution is 5.81. The van der Waals surface area contributed by atoms with Gasteiger partial charge < -0.3 is 16.0 Å². The zero-order chi connectivity index (χ0) is 17.6. The molecule has 0 saturated carbocycles. The van der Waals surface area contributed by atoms with E-state index in [2.05, 4.69) is 71.4 Å². The average Bonchev–Trinajstić information content (AvgIpc) is 2.62. The summed E-state index contributed by atoms with van der Waals surface area (Å²) < 4.78 is 0. The molecule has 2 aromatic rings. The molecule has 1 heterocycles. The topological polar surface area (TPSA) is 44.5 Å². The van der Waals surface area contributed by atoms with Gasteiger partial charge in [-0.3, -0.25) is 4.90 Å². The first-order valence-electron chi connectivity index (χ1n) is 9.06. The Hall–Kier alpha value is -2.20. The van der Waals surface area contributed by atoms with Crippen molar-refractivity contribution in [1.29, 1.82) is 0 Å². The second-order valence-electron chi connectivity index (χ2n) is 7.05. The smallest absolute Gasteiger partial charge is 0.0787 e. The molecule has 0 amide bonds. The molecule has 3 N–H and O–H groups in total. The molecule has 3 rings (SSSR count). The molecule has 0 aliphatic carbocycles. The van der Waals surface area contributed by atoms with Gasteiger partial charge in [0.15, 0.2) is 0 Å². The molecule has 0 aromatic heterocycles. The standard InChI is InChI=1S/C21H29N4/c1-17(2)16-24-11-13-25(14-12-24)20-10-6-9-19(21(20)22)23-15-18-7-4-3-5-8-18/h3-10,23H,11-16,22H2,1-2H3. The van der Waals surface area contributed by atoms with Crippen molar-refractivity contribution in [1.82, 2.24) is 4.90 Å². The number of para-hydroxylation sites is 1. The van der Waals surface area contributed by atoms with Crippen LogP contribution in [0.15, 0.2) is 48.5 Å². The van der Waals surface area contributed by atoms with E-state index in [0.717, 1.165) is 56.3 Å². The van der Waals surface area contributed by atoms with Crippen LogP contribution in [0, 0.1) is 5.92 Å². The molecule has 0 bridgehead atoms. The Morgan fingerprint density at radius 1 is 0.960 bits per heavy atom. The number of nitrogens with two attached hydrogens (primary N) is 1. The van der Waals surface area contributed by atoms with E-state index in [-0.39, 0.29) is 0 Å². The monoisotopic (exact) mass is 337 g/mol. The minimum absolute atomic E-state index is 0.786. The van der Waals surface area contributed by atoms with Gasteiger partial charge in [0.05, 0.1) is 17.1 Å². The zero-order valence-corrected chi connectivity index (χ0v) is 15.3. The Bertz CT molecular complexity index is 661. The fourth-order valence-electron chi connectivity index (χ4n) is 3.37. The van der Waals surface area contributed by atoms with Crippen molar-refractivity contribution in [3.63, 3.8) is 0 Å². The van der Waals surface area contributed by atoms with Crippen molar-refractivity contribution in [2.75, 3.05) is 48.7 Å². The van der Waals surface area contributed by atoms with Crippen LogP contribution >= 0.6 is 0 Å². The number of benzene rings is 2. The van der Waals surface area contributed by atoms with Crippen molar-refractivity contribution in [2.24, 2.45) is 0 Å². The van der Waals surface area contributed by atoms with E-state index in [1.165, 1.54) is 11.5 Å². The van der Waals surface area contributed by atoms with E-state index in [1.807, 2.05) is 6.07 Å². The van der Waals surface area contributed by atoms with Crippen LogP contribution in [0.25, 0.3) is 0 Å². The highest BCUT2D eigenvalue weighted by atomic mass is 15.3. The summed E-state index contributed by atoms with van der Waals surface area (Å²) in [7, 11) is 0. The summed E-state index contributed by atoms with van der Waals surface area (Å²) in [6, 6.07) is 16.7. The molecule has 1 fully saturated rings. The van der Waals surface area contributed by atoms with E-state index in [1.54, 1.807) is 0 Å². The predicted octanol–water partition coefficient (Wildman–Crippen LogP) is 3.62. The molecule has 1 aliphatic heterocycles. The summed E-state index contributed by atoms with van der Waals surface area (Å²) in [4.78, 5) is 4.92. The third-order valence-electron chi connectivity index (χ3n) is 4.66. The van der Waals surface area contributed by atoms with Crippen molar-refractivity contribution in [3.05, 3.63) is 60.0 Å². The number of rotatable bonds is 6. The molecule has 0 atom stereocenters. The van der Waals surface area contributed by atoms with Crippen LogP contribution in [0.2, 0.25) is 0 Å². The van der Waals surface area contributed by atoms with Gasteiger partial charge in [0.25, 0.3) is 0 Å². The summed E-state index contributed by atoms with van der Waals surface area (Å²) in [6.07, 6.45) is 0. The van der Waals surface area contributed by atoms with Crippen LogP contribution in [-0.2, 0) is 6.54 Å². The van der Waals surface area contributed by atoms with Crippen molar-refractivity contribution < 1.29 is 0 Å². The maximum Gasteiger partial charge on any atom is 0.0787 e. The summed E-state index contributed by atoms with van der Waals surface area (Å²) in [6.45, 7) is 10.5. The maximum atomic E-state index is 6.47. The first kappa shape index (κ1) is 17.6. The Kier molecular flexibility index (Phi) is 5.82. The third-order valence-corrected chi connectivity index (χ3v) is 4.66. The van der Waals surface area contributed by atoms with Crippen LogP contribution < -0.4 is 16.0 Å². The highest BCUT2D eigenvalue weighted by Crippen LogP contribution is 2.31. The van der Waals surface area contributed by atoms with E-state index < -0.39 is 0 Å². The number of nitrogen functional groups attached to an aromatic ring is 1. The molecule has 2 aromatic carbocycles. The van der Waals surface area contributed by atoms with E-state index >= 15 is 0 Å². The Labute approximate surface area is 151 Å². The molecule has 133 valence electrons. The average molecular weight is 337 g/mol. The van der Waals surface area contributed by atoms with Gasteiger partial charge in [-0.15, -0.1) is 0 Å². The van der Waals surface area contributed by atoms with Crippen LogP contribution in [-0.4, -0.2) is 37.6 Å². The molecule has 1 radical (unpaired) electrons. The number of piperazine rings is 1. The van der Waals surface area contributed by atoms with Crippen LogP contribution in [0.3, 0.4) is 0 Å². The van der Waals surface area contributed by atoms with Crippen molar-refractivity contribution in [2.45, 2.75) is 20.4 Å². The lowest BCUT2D eigenvalue weighted by Crippen LogP contribution is -2.47. The third kappa shape index (κ3) is 4.67. The summed E-state index contributed by atoms with van der Waals surface area (Å²) >= 11 is 0. The Morgan fingerprint density at radius 2 is 1.68 bits per heavy atom. The zero-order valence-electron chi connectivity index (χ0n) is 15.3. The van der Waals surface area contributed by atoms with E-state index in [4.69, 9.17) is 5.73 Å². The number of hydrogen-bond acceptors (Lipinski definition) is 4. The summed E-state index contributed by atoms with van der Waals surface area (Å²) in [5.74, 6) is 1.47. The SMILES string of the molecule is C[C](C)CN1CCN(c2cccc(NCc3ccccc3)c2N)CC1. The lowest BCUT2D eigenvalue weighted by Gasteiger charge is -2.37. The van der Waals surface area contributed by atoms with Crippen molar-refractivity contribution in [3.8, 4) is 0 Å². The van der Waals surface area contributed by atoms with Gasteiger partial charge in [0.1, 0.15) is 0 Å². The Morgan fingerprint density at radius 3 is 2.36 bits per heavy atom. The van der Waals surface area contributed by atoms with Crippen LogP contribution in [0.4, 0.5) is 17.1 Å². The maximum absolute atomic E-state index is 6.47. The van der Waals surface area contributed by atoms with Crippen molar-refractivity contribution >= 4 is 17.1 Å². The fraction of sp³-hybridized carbons (Fsp3) is 0.381. The van der Waals surface area contributed by atoms with Gasteiger partial charge in [-0.1, -0.05) is 50.2 Å². The lowest BCUT2D eigenvalue weighted by atomic mass is 10.1. The number of anilines is 3. The first-order valence-corrected chi connectivity index (χ1v) is 9.06. The largest absolute Gasteiger partial charge is 0.395 e.